The van der Waals surface area contributed by atoms with Crippen molar-refractivity contribution >= 4 is 5.91 Å². The third-order valence-electron chi connectivity index (χ3n) is 2.29. The van der Waals surface area contributed by atoms with Crippen LogP contribution in [0, 0.1) is 0 Å². The van der Waals surface area contributed by atoms with Gasteiger partial charge in [-0.05, 0) is 20.3 Å². The monoisotopic (exact) mass is 215 g/mol. The van der Waals surface area contributed by atoms with E-state index in [2.05, 4.69) is 6.92 Å². The third-order valence-corrected chi connectivity index (χ3v) is 2.29. The van der Waals surface area contributed by atoms with Crippen molar-refractivity contribution in [2.75, 3.05) is 13.6 Å². The number of hydrogen-bond donors (Lipinski definition) is 1. The van der Waals surface area contributed by atoms with Crippen molar-refractivity contribution in [2.45, 2.75) is 58.5 Å². The summed E-state index contributed by atoms with van der Waals surface area (Å²) in [6.45, 7) is 5.99. The number of rotatable bonds is 7. The fraction of sp³-hybridized carbons (Fsp3) is 0.917. The minimum atomic E-state index is -0.798. The summed E-state index contributed by atoms with van der Waals surface area (Å²) in [7, 11) is 1.75. The van der Waals surface area contributed by atoms with Gasteiger partial charge >= 0.3 is 0 Å². The molecule has 0 saturated heterocycles. The first kappa shape index (κ1) is 14.4. The van der Waals surface area contributed by atoms with Crippen molar-refractivity contribution < 1.29 is 9.90 Å². The molecular formula is C12H25NO2. The van der Waals surface area contributed by atoms with Gasteiger partial charge in [0.2, 0.25) is 5.91 Å². The number of carbonyl (C=O) groups is 1. The summed E-state index contributed by atoms with van der Waals surface area (Å²) >= 11 is 0. The van der Waals surface area contributed by atoms with E-state index in [1.54, 1.807) is 25.8 Å². The summed E-state index contributed by atoms with van der Waals surface area (Å²) in [5.41, 5.74) is -0.798. The van der Waals surface area contributed by atoms with Crippen LogP contribution in [0.15, 0.2) is 0 Å². The van der Waals surface area contributed by atoms with Gasteiger partial charge in [0, 0.05) is 20.0 Å². The summed E-state index contributed by atoms with van der Waals surface area (Å²) < 4.78 is 0. The lowest BCUT2D eigenvalue weighted by atomic mass is 10.1. The van der Waals surface area contributed by atoms with Crippen LogP contribution in [0.1, 0.15) is 52.9 Å². The summed E-state index contributed by atoms with van der Waals surface area (Å²) in [5, 5.41) is 9.55. The SMILES string of the molecule is CCCCCCC(=O)N(C)CC(C)(C)O. The molecule has 0 saturated carbocycles. The van der Waals surface area contributed by atoms with Crippen LogP contribution in [0.5, 0.6) is 0 Å². The third kappa shape index (κ3) is 8.43. The average Bonchev–Trinajstić information content (AvgIpc) is 2.09. The average molecular weight is 215 g/mol. The van der Waals surface area contributed by atoms with E-state index in [0.717, 1.165) is 12.8 Å². The van der Waals surface area contributed by atoms with Gasteiger partial charge in [-0.15, -0.1) is 0 Å². The lowest BCUT2D eigenvalue weighted by Crippen LogP contribution is -2.39. The summed E-state index contributed by atoms with van der Waals surface area (Å²) in [6, 6.07) is 0. The number of hydrogen-bond acceptors (Lipinski definition) is 2. The standard InChI is InChI=1S/C12H25NO2/c1-5-6-7-8-9-11(14)13(4)10-12(2,3)15/h15H,5-10H2,1-4H3. The maximum absolute atomic E-state index is 11.6. The largest absolute Gasteiger partial charge is 0.389 e. The molecule has 15 heavy (non-hydrogen) atoms. The fourth-order valence-corrected chi connectivity index (χ4v) is 1.56. The van der Waals surface area contributed by atoms with Gasteiger partial charge in [0.05, 0.1) is 5.60 Å². The van der Waals surface area contributed by atoms with Crippen molar-refractivity contribution in [1.82, 2.24) is 4.90 Å². The van der Waals surface area contributed by atoms with Crippen LogP contribution >= 0.6 is 0 Å². The molecule has 0 aliphatic carbocycles. The Morgan fingerprint density at radius 3 is 2.33 bits per heavy atom. The molecule has 0 bridgehead atoms. The second kappa shape index (κ2) is 6.83. The fourth-order valence-electron chi connectivity index (χ4n) is 1.56. The minimum Gasteiger partial charge on any atom is -0.389 e. The molecule has 0 radical (unpaired) electrons. The predicted molar refractivity (Wildman–Crippen MR) is 62.7 cm³/mol. The highest BCUT2D eigenvalue weighted by molar-refractivity contribution is 5.75. The first-order valence-electron chi connectivity index (χ1n) is 5.83. The molecular weight excluding hydrogens is 190 g/mol. The normalized spacial score (nSPS) is 11.5. The second-order valence-corrected chi connectivity index (χ2v) is 4.87. The Balaban J connectivity index is 3.70. The maximum atomic E-state index is 11.6. The van der Waals surface area contributed by atoms with Gasteiger partial charge in [0.25, 0.3) is 0 Å². The van der Waals surface area contributed by atoms with Crippen molar-refractivity contribution in [3.8, 4) is 0 Å². The summed E-state index contributed by atoms with van der Waals surface area (Å²) in [4.78, 5) is 13.2. The van der Waals surface area contributed by atoms with Crippen molar-refractivity contribution in [1.29, 1.82) is 0 Å². The molecule has 0 aromatic carbocycles. The highest BCUT2D eigenvalue weighted by atomic mass is 16.3. The maximum Gasteiger partial charge on any atom is 0.222 e. The molecule has 0 unspecified atom stereocenters. The van der Waals surface area contributed by atoms with Gasteiger partial charge in [-0.1, -0.05) is 26.2 Å². The van der Waals surface area contributed by atoms with E-state index in [1.165, 1.54) is 12.8 Å². The molecule has 0 aliphatic heterocycles. The number of aliphatic hydroxyl groups is 1. The minimum absolute atomic E-state index is 0.133. The highest BCUT2D eigenvalue weighted by Crippen LogP contribution is 2.07. The molecule has 0 spiro atoms. The molecule has 90 valence electrons. The Bertz CT molecular complexity index is 185. The smallest absolute Gasteiger partial charge is 0.222 e. The Hall–Kier alpha value is -0.570. The highest BCUT2D eigenvalue weighted by Gasteiger charge is 2.18. The molecule has 0 aromatic heterocycles. The molecule has 1 amide bonds. The number of likely N-dealkylation sites (N-methyl/N-ethyl adjacent to an activating group) is 1. The van der Waals surface area contributed by atoms with Crippen molar-refractivity contribution in [2.24, 2.45) is 0 Å². The van der Waals surface area contributed by atoms with Gasteiger partial charge in [-0.3, -0.25) is 4.79 Å². The molecule has 0 atom stereocenters. The quantitative estimate of drug-likeness (QED) is 0.661. The van der Waals surface area contributed by atoms with E-state index >= 15 is 0 Å². The van der Waals surface area contributed by atoms with E-state index in [-0.39, 0.29) is 5.91 Å². The van der Waals surface area contributed by atoms with Crippen LogP contribution in [0.25, 0.3) is 0 Å². The number of unbranched alkanes of at least 4 members (excludes halogenated alkanes) is 3. The Kier molecular flexibility index (Phi) is 6.57. The van der Waals surface area contributed by atoms with E-state index in [0.29, 0.717) is 13.0 Å². The molecule has 3 heteroatoms. The summed E-state index contributed by atoms with van der Waals surface area (Å²) in [6.07, 6.45) is 5.07. The van der Waals surface area contributed by atoms with Crippen LogP contribution < -0.4 is 0 Å². The van der Waals surface area contributed by atoms with E-state index < -0.39 is 5.60 Å². The van der Waals surface area contributed by atoms with Gasteiger partial charge < -0.3 is 10.0 Å². The molecule has 0 rings (SSSR count). The van der Waals surface area contributed by atoms with Crippen LogP contribution in [0.4, 0.5) is 0 Å². The molecule has 3 nitrogen and oxygen atoms in total. The molecule has 0 heterocycles. The van der Waals surface area contributed by atoms with Crippen molar-refractivity contribution in [3.05, 3.63) is 0 Å². The lowest BCUT2D eigenvalue weighted by molar-refractivity contribution is -0.132. The number of amides is 1. The first-order valence-corrected chi connectivity index (χ1v) is 5.83. The second-order valence-electron chi connectivity index (χ2n) is 4.87. The molecule has 0 aromatic rings. The van der Waals surface area contributed by atoms with E-state index in [9.17, 15) is 9.90 Å². The zero-order valence-corrected chi connectivity index (χ0v) is 10.5. The van der Waals surface area contributed by atoms with Crippen LogP contribution in [0.3, 0.4) is 0 Å². The van der Waals surface area contributed by atoms with Crippen LogP contribution in [-0.2, 0) is 4.79 Å². The van der Waals surface area contributed by atoms with E-state index in [4.69, 9.17) is 0 Å². The zero-order valence-electron chi connectivity index (χ0n) is 10.5. The van der Waals surface area contributed by atoms with Crippen LogP contribution in [-0.4, -0.2) is 35.1 Å². The number of carbonyl (C=O) groups excluding carboxylic acids is 1. The van der Waals surface area contributed by atoms with Gasteiger partial charge in [0.15, 0.2) is 0 Å². The van der Waals surface area contributed by atoms with Gasteiger partial charge in [-0.2, -0.15) is 0 Å². The molecule has 0 fully saturated rings. The van der Waals surface area contributed by atoms with Crippen molar-refractivity contribution in [3.63, 3.8) is 0 Å². The Labute approximate surface area is 93.5 Å². The number of nitrogens with zero attached hydrogens (tertiary/aromatic N) is 1. The molecule has 1 N–H and O–H groups in total. The Morgan fingerprint density at radius 1 is 1.27 bits per heavy atom. The van der Waals surface area contributed by atoms with Crippen LogP contribution in [0.2, 0.25) is 0 Å². The van der Waals surface area contributed by atoms with E-state index in [1.807, 2.05) is 0 Å². The van der Waals surface area contributed by atoms with Gasteiger partial charge in [-0.25, -0.2) is 0 Å². The predicted octanol–water partition coefficient (Wildman–Crippen LogP) is 2.19. The lowest BCUT2D eigenvalue weighted by Gasteiger charge is -2.25. The van der Waals surface area contributed by atoms with Gasteiger partial charge in [0.1, 0.15) is 0 Å². The first-order chi connectivity index (χ1) is 6.87. The molecule has 0 aliphatic rings. The zero-order chi connectivity index (χ0) is 11.9. The topological polar surface area (TPSA) is 40.5 Å². The summed E-state index contributed by atoms with van der Waals surface area (Å²) in [5.74, 6) is 0.133. The Morgan fingerprint density at radius 2 is 1.87 bits per heavy atom.